The number of carboxylic acid groups (broad SMARTS) is 1. The number of nitrogens with one attached hydrogen (secondary N) is 1. The van der Waals surface area contributed by atoms with Crippen LogP contribution in [0.3, 0.4) is 0 Å². The number of aryl methyl sites for hydroxylation is 1. The molecule has 152 valence electrons. The maximum Gasteiger partial charge on any atom is 0.323 e. The smallest absolute Gasteiger partial charge is 0.323 e. The van der Waals surface area contributed by atoms with Crippen molar-refractivity contribution >= 4 is 51.5 Å². The third kappa shape index (κ3) is 3.05. The quantitative estimate of drug-likeness (QED) is 0.308. The van der Waals surface area contributed by atoms with Crippen LogP contribution in [-0.2, 0) is 18.4 Å². The summed E-state index contributed by atoms with van der Waals surface area (Å²) in [7, 11) is 1.99. The summed E-state index contributed by atoms with van der Waals surface area (Å²) in [6.07, 6.45) is 0. The topological polar surface area (TPSA) is 102 Å². The number of para-hydroxylation sites is 4. The SMILES string of the molecule is Cn1c(NCCSc2nnc3n(CC(=O)O)c4ccccc4n23)nc2ccccc21. The van der Waals surface area contributed by atoms with Crippen LogP contribution in [0.1, 0.15) is 0 Å². The van der Waals surface area contributed by atoms with Crippen LogP contribution in [-0.4, -0.2) is 52.1 Å². The number of hydrogen-bond acceptors (Lipinski definition) is 6. The number of thioether (sulfide) groups is 1. The summed E-state index contributed by atoms with van der Waals surface area (Å²) in [6.45, 7) is 0.540. The van der Waals surface area contributed by atoms with Gasteiger partial charge in [0.15, 0.2) is 5.16 Å². The van der Waals surface area contributed by atoms with Crippen molar-refractivity contribution in [1.29, 1.82) is 0 Å². The Kier molecular flexibility index (Phi) is 4.55. The predicted molar refractivity (Wildman–Crippen MR) is 116 cm³/mol. The number of carboxylic acids is 1. The zero-order valence-electron chi connectivity index (χ0n) is 16.2. The molecule has 0 saturated heterocycles. The molecule has 0 aliphatic carbocycles. The van der Waals surface area contributed by atoms with E-state index in [1.165, 1.54) is 0 Å². The second-order valence-electron chi connectivity index (χ2n) is 6.84. The van der Waals surface area contributed by atoms with Gasteiger partial charge < -0.3 is 15.0 Å². The van der Waals surface area contributed by atoms with Gasteiger partial charge in [0, 0.05) is 19.3 Å². The van der Waals surface area contributed by atoms with E-state index in [0.29, 0.717) is 12.3 Å². The van der Waals surface area contributed by atoms with Crippen LogP contribution in [0.25, 0.3) is 27.8 Å². The van der Waals surface area contributed by atoms with Gasteiger partial charge in [-0.15, -0.1) is 10.2 Å². The molecule has 0 unspecified atom stereocenters. The molecule has 5 rings (SSSR count). The van der Waals surface area contributed by atoms with Crippen molar-refractivity contribution in [2.75, 3.05) is 17.6 Å². The first-order valence-corrected chi connectivity index (χ1v) is 10.4. The average molecular weight is 421 g/mol. The normalized spacial score (nSPS) is 11.6. The minimum atomic E-state index is -0.915. The van der Waals surface area contributed by atoms with Crippen molar-refractivity contribution in [3.63, 3.8) is 0 Å². The second-order valence-corrected chi connectivity index (χ2v) is 7.91. The van der Waals surface area contributed by atoms with Gasteiger partial charge in [-0.1, -0.05) is 36.0 Å². The van der Waals surface area contributed by atoms with Gasteiger partial charge in [-0.25, -0.2) is 4.98 Å². The molecule has 9 nitrogen and oxygen atoms in total. The van der Waals surface area contributed by atoms with Crippen molar-refractivity contribution in [1.82, 2.24) is 28.7 Å². The number of carbonyl (C=O) groups is 1. The fourth-order valence-electron chi connectivity index (χ4n) is 3.63. The summed E-state index contributed by atoms with van der Waals surface area (Å²) < 4.78 is 5.62. The van der Waals surface area contributed by atoms with Crippen molar-refractivity contribution in [3.8, 4) is 0 Å². The molecule has 0 spiro atoms. The Bertz CT molecular complexity index is 1380. The van der Waals surface area contributed by atoms with E-state index < -0.39 is 5.97 Å². The highest BCUT2D eigenvalue weighted by atomic mass is 32.2. The van der Waals surface area contributed by atoms with E-state index in [1.807, 2.05) is 64.5 Å². The molecule has 3 heterocycles. The lowest BCUT2D eigenvalue weighted by atomic mass is 10.3. The maximum atomic E-state index is 11.3. The van der Waals surface area contributed by atoms with Gasteiger partial charge in [-0.3, -0.25) is 13.8 Å². The Morgan fingerprint density at radius 3 is 2.57 bits per heavy atom. The lowest BCUT2D eigenvalue weighted by Gasteiger charge is -2.05. The molecule has 5 aromatic rings. The Hall–Kier alpha value is -3.53. The monoisotopic (exact) mass is 421 g/mol. The standard InChI is InChI=1S/C20H19N7O2S/c1-25-14-7-3-2-6-13(14)22-18(25)21-10-11-30-20-24-23-19-26(12-17(28)29)15-8-4-5-9-16(15)27(19)20/h2-9H,10-12H2,1H3,(H,21,22)(H,28,29). The van der Waals surface area contributed by atoms with E-state index in [-0.39, 0.29) is 6.54 Å². The molecule has 10 heteroatoms. The van der Waals surface area contributed by atoms with Crippen LogP contribution in [0.5, 0.6) is 0 Å². The lowest BCUT2D eigenvalue weighted by Crippen LogP contribution is -2.09. The molecular weight excluding hydrogens is 402 g/mol. The molecule has 0 radical (unpaired) electrons. The van der Waals surface area contributed by atoms with E-state index in [0.717, 1.165) is 38.9 Å². The first kappa shape index (κ1) is 18.5. The molecular formula is C20H19N7O2S. The molecule has 0 bridgehead atoms. The van der Waals surface area contributed by atoms with Gasteiger partial charge in [0.1, 0.15) is 6.54 Å². The van der Waals surface area contributed by atoms with Gasteiger partial charge in [0.25, 0.3) is 0 Å². The largest absolute Gasteiger partial charge is 0.480 e. The predicted octanol–water partition coefficient (Wildman–Crippen LogP) is 2.86. The van der Waals surface area contributed by atoms with Crippen LogP contribution < -0.4 is 5.32 Å². The van der Waals surface area contributed by atoms with E-state index >= 15 is 0 Å². The number of nitrogens with zero attached hydrogens (tertiary/aromatic N) is 6. The summed E-state index contributed by atoms with van der Waals surface area (Å²) in [4.78, 5) is 15.9. The average Bonchev–Trinajstić information content (AvgIpc) is 3.39. The number of aliphatic carboxylic acids is 1. The third-order valence-corrected chi connectivity index (χ3v) is 5.90. The molecule has 0 aliphatic heterocycles. The van der Waals surface area contributed by atoms with E-state index in [1.54, 1.807) is 16.3 Å². The zero-order chi connectivity index (χ0) is 20.7. The molecule has 3 aromatic heterocycles. The van der Waals surface area contributed by atoms with E-state index in [4.69, 9.17) is 0 Å². The molecule has 0 saturated carbocycles. The minimum absolute atomic E-state index is 0.159. The second kappa shape index (κ2) is 7.38. The van der Waals surface area contributed by atoms with Gasteiger partial charge in [-0.05, 0) is 24.3 Å². The number of hydrogen-bond donors (Lipinski definition) is 2. The van der Waals surface area contributed by atoms with Crippen molar-refractivity contribution in [2.45, 2.75) is 11.7 Å². The van der Waals surface area contributed by atoms with E-state index in [2.05, 4.69) is 20.5 Å². The third-order valence-electron chi connectivity index (χ3n) is 4.97. The Balaban J connectivity index is 1.36. The van der Waals surface area contributed by atoms with E-state index in [9.17, 15) is 9.90 Å². The van der Waals surface area contributed by atoms with Crippen LogP contribution >= 0.6 is 11.8 Å². The molecule has 0 aliphatic rings. The minimum Gasteiger partial charge on any atom is -0.480 e. The lowest BCUT2D eigenvalue weighted by molar-refractivity contribution is -0.137. The molecule has 0 atom stereocenters. The van der Waals surface area contributed by atoms with Crippen LogP contribution in [0, 0.1) is 0 Å². The summed E-state index contributed by atoms with van der Waals surface area (Å²) in [5.74, 6) is 1.19. The molecule has 30 heavy (non-hydrogen) atoms. The van der Waals surface area contributed by atoms with Crippen LogP contribution in [0.15, 0.2) is 53.7 Å². The number of anilines is 1. The van der Waals surface area contributed by atoms with Gasteiger partial charge in [0.2, 0.25) is 11.7 Å². The highest BCUT2D eigenvalue weighted by molar-refractivity contribution is 7.99. The summed E-state index contributed by atoms with van der Waals surface area (Å²) in [5.41, 5.74) is 3.76. The van der Waals surface area contributed by atoms with Crippen molar-refractivity contribution in [3.05, 3.63) is 48.5 Å². The van der Waals surface area contributed by atoms with Crippen molar-refractivity contribution < 1.29 is 9.90 Å². The summed E-state index contributed by atoms with van der Waals surface area (Å²) >= 11 is 1.56. The number of aromatic nitrogens is 6. The first-order chi connectivity index (χ1) is 14.6. The number of imidazole rings is 2. The van der Waals surface area contributed by atoms with Crippen molar-refractivity contribution in [2.24, 2.45) is 7.05 Å². The number of fused-ring (bicyclic) bond motifs is 4. The van der Waals surface area contributed by atoms with Gasteiger partial charge >= 0.3 is 5.97 Å². The Morgan fingerprint density at radius 2 is 1.80 bits per heavy atom. The zero-order valence-corrected chi connectivity index (χ0v) is 17.0. The molecule has 0 fully saturated rings. The Morgan fingerprint density at radius 1 is 1.07 bits per heavy atom. The molecule has 2 aromatic carbocycles. The highest BCUT2D eigenvalue weighted by Crippen LogP contribution is 2.26. The summed E-state index contributed by atoms with van der Waals surface area (Å²) in [5, 5.41) is 21.9. The van der Waals surface area contributed by atoms with Crippen LogP contribution in [0.4, 0.5) is 5.95 Å². The summed E-state index contributed by atoms with van der Waals surface area (Å²) in [6, 6.07) is 15.7. The Labute approximate surface area is 175 Å². The number of benzene rings is 2. The molecule has 0 amide bonds. The highest BCUT2D eigenvalue weighted by Gasteiger charge is 2.18. The number of rotatable bonds is 7. The fourth-order valence-corrected chi connectivity index (χ4v) is 4.42. The maximum absolute atomic E-state index is 11.3. The van der Waals surface area contributed by atoms with Gasteiger partial charge in [-0.2, -0.15) is 0 Å². The first-order valence-electron chi connectivity index (χ1n) is 9.46. The fraction of sp³-hybridized carbons (Fsp3) is 0.200. The molecule has 2 N–H and O–H groups in total. The van der Waals surface area contributed by atoms with Crippen LogP contribution in [0.2, 0.25) is 0 Å². The van der Waals surface area contributed by atoms with Gasteiger partial charge in [0.05, 0.1) is 22.1 Å².